The number of aromatic nitrogens is 1. The molecule has 1 fully saturated rings. The van der Waals surface area contributed by atoms with Crippen molar-refractivity contribution in [3.8, 4) is 6.07 Å². The average molecular weight is 430 g/mol. The van der Waals surface area contributed by atoms with Gasteiger partial charge in [0.2, 0.25) is 5.91 Å². The van der Waals surface area contributed by atoms with E-state index in [0.29, 0.717) is 12.8 Å². The monoisotopic (exact) mass is 429 g/mol. The molecule has 1 saturated carbocycles. The van der Waals surface area contributed by atoms with Gasteiger partial charge in [-0.05, 0) is 55.2 Å². The fraction of sp³-hybridized carbons (Fsp3) is 0.381. The summed E-state index contributed by atoms with van der Waals surface area (Å²) in [6.07, 6.45) is 6.63. The van der Waals surface area contributed by atoms with E-state index in [1.54, 1.807) is 48.4 Å². The first-order chi connectivity index (χ1) is 14.0. The average Bonchev–Trinajstić information content (AvgIpc) is 2.73. The Labute approximate surface area is 175 Å². The van der Waals surface area contributed by atoms with Gasteiger partial charge in [0.25, 0.3) is 0 Å². The van der Waals surface area contributed by atoms with Crippen LogP contribution in [0.15, 0.2) is 63.5 Å². The number of benzene rings is 1. The maximum absolute atomic E-state index is 13.0. The van der Waals surface area contributed by atoms with Crippen LogP contribution in [0.3, 0.4) is 0 Å². The number of sulfone groups is 1. The minimum atomic E-state index is -3.50. The molecule has 1 heterocycles. The fourth-order valence-electron chi connectivity index (χ4n) is 3.65. The summed E-state index contributed by atoms with van der Waals surface area (Å²) in [5, 5.41) is 11.3. The van der Waals surface area contributed by atoms with Crippen molar-refractivity contribution in [3.63, 3.8) is 0 Å². The molecule has 152 valence electrons. The van der Waals surface area contributed by atoms with Gasteiger partial charge in [-0.25, -0.2) is 8.42 Å². The Morgan fingerprint density at radius 2 is 1.76 bits per heavy atom. The van der Waals surface area contributed by atoms with Gasteiger partial charge in [-0.3, -0.25) is 9.78 Å². The summed E-state index contributed by atoms with van der Waals surface area (Å²) in [5.74, 6) is -0.837. The minimum absolute atomic E-state index is 0.0471. The van der Waals surface area contributed by atoms with Crippen LogP contribution in [0.1, 0.15) is 25.7 Å². The Bertz CT molecular complexity index is 970. The summed E-state index contributed by atoms with van der Waals surface area (Å²) >= 11 is 1.54. The first kappa shape index (κ1) is 21.3. The Kier molecular flexibility index (Phi) is 7.29. The van der Waals surface area contributed by atoms with Crippen molar-refractivity contribution in [1.29, 1.82) is 5.26 Å². The second-order valence-corrected chi connectivity index (χ2v) is 10.2. The quantitative estimate of drug-likeness (QED) is 0.677. The summed E-state index contributed by atoms with van der Waals surface area (Å²) in [6, 6.07) is 12.6. The molecule has 0 aliphatic heterocycles. The number of rotatable bonds is 7. The largest absolute Gasteiger partial charge is 0.343 e. The summed E-state index contributed by atoms with van der Waals surface area (Å²) in [4.78, 5) is 18.6. The number of amides is 1. The van der Waals surface area contributed by atoms with Crippen molar-refractivity contribution in [3.05, 3.63) is 48.8 Å². The fourth-order valence-corrected chi connectivity index (χ4v) is 6.15. The van der Waals surface area contributed by atoms with Crippen molar-refractivity contribution in [2.24, 2.45) is 11.8 Å². The Balaban J connectivity index is 1.69. The molecule has 0 spiro atoms. The second-order valence-electron chi connectivity index (χ2n) is 7.06. The molecular formula is C21H23N3O3S2. The van der Waals surface area contributed by atoms with Gasteiger partial charge < -0.3 is 5.32 Å². The first-order valence-corrected chi connectivity index (χ1v) is 12.0. The van der Waals surface area contributed by atoms with Gasteiger partial charge in [-0.2, -0.15) is 5.26 Å². The maximum atomic E-state index is 13.0. The molecule has 2 atom stereocenters. The van der Waals surface area contributed by atoms with Crippen molar-refractivity contribution >= 4 is 27.5 Å². The minimum Gasteiger partial charge on any atom is -0.343 e. The summed E-state index contributed by atoms with van der Waals surface area (Å²) in [6.45, 7) is -0.0502. The number of hydrogen-bond donors (Lipinski definition) is 1. The lowest BCUT2D eigenvalue weighted by atomic mass is 9.80. The van der Waals surface area contributed by atoms with Crippen LogP contribution < -0.4 is 5.32 Å². The van der Waals surface area contributed by atoms with Gasteiger partial charge in [0.1, 0.15) is 6.54 Å². The number of carbonyl (C=O) groups excluding carboxylic acids is 1. The first-order valence-electron chi connectivity index (χ1n) is 9.55. The van der Waals surface area contributed by atoms with E-state index in [9.17, 15) is 13.2 Å². The molecule has 1 aromatic carbocycles. The predicted molar refractivity (Wildman–Crippen MR) is 111 cm³/mol. The van der Waals surface area contributed by atoms with E-state index in [4.69, 9.17) is 5.26 Å². The summed E-state index contributed by atoms with van der Waals surface area (Å²) < 4.78 is 25.9. The molecule has 0 saturated heterocycles. The molecule has 0 radical (unpaired) electrons. The SMILES string of the molecule is N#CCNC(=O)[C@H]1CCCC[C@@H]1CS(=O)(=O)c1ccc(Sc2ccncc2)cc1. The van der Waals surface area contributed by atoms with Crippen molar-refractivity contribution in [1.82, 2.24) is 10.3 Å². The molecule has 2 aromatic rings. The van der Waals surface area contributed by atoms with Crippen LogP contribution in [-0.2, 0) is 14.6 Å². The Morgan fingerprint density at radius 3 is 2.45 bits per heavy atom. The van der Waals surface area contributed by atoms with Crippen molar-refractivity contribution in [2.75, 3.05) is 12.3 Å². The number of carbonyl (C=O) groups is 1. The number of nitrogens with one attached hydrogen (secondary N) is 1. The zero-order valence-electron chi connectivity index (χ0n) is 16.0. The van der Waals surface area contributed by atoms with E-state index < -0.39 is 9.84 Å². The molecular weight excluding hydrogens is 406 g/mol. The molecule has 29 heavy (non-hydrogen) atoms. The van der Waals surface area contributed by atoms with Gasteiger partial charge in [0.15, 0.2) is 9.84 Å². The lowest BCUT2D eigenvalue weighted by Crippen LogP contribution is -2.39. The van der Waals surface area contributed by atoms with Crippen molar-refractivity contribution in [2.45, 2.75) is 40.4 Å². The molecule has 8 heteroatoms. The van der Waals surface area contributed by atoms with E-state index >= 15 is 0 Å². The number of hydrogen-bond acceptors (Lipinski definition) is 6. The highest BCUT2D eigenvalue weighted by molar-refractivity contribution is 7.99. The molecule has 1 N–H and O–H groups in total. The third-order valence-electron chi connectivity index (χ3n) is 5.09. The number of nitriles is 1. The van der Waals surface area contributed by atoms with Crippen LogP contribution in [0.25, 0.3) is 0 Å². The normalized spacial score (nSPS) is 19.3. The summed E-state index contributed by atoms with van der Waals surface area (Å²) in [5.41, 5.74) is 0. The maximum Gasteiger partial charge on any atom is 0.224 e. The van der Waals surface area contributed by atoms with Crippen LogP contribution in [0.4, 0.5) is 0 Å². The van der Waals surface area contributed by atoms with Crippen LogP contribution in [0.5, 0.6) is 0 Å². The lowest BCUT2D eigenvalue weighted by Gasteiger charge is -2.30. The van der Waals surface area contributed by atoms with E-state index in [1.807, 2.05) is 18.2 Å². The molecule has 1 aromatic heterocycles. The predicted octanol–water partition coefficient (Wildman–Crippen LogP) is 3.45. The Hall–Kier alpha value is -2.37. The third-order valence-corrected chi connectivity index (χ3v) is 7.96. The third kappa shape index (κ3) is 5.81. The summed E-state index contributed by atoms with van der Waals surface area (Å²) in [7, 11) is -3.50. The number of nitrogens with zero attached hydrogens (tertiary/aromatic N) is 2. The van der Waals surface area contributed by atoms with E-state index in [2.05, 4.69) is 10.3 Å². The van der Waals surface area contributed by atoms with Crippen LogP contribution in [0.2, 0.25) is 0 Å². The van der Waals surface area contributed by atoms with Crippen LogP contribution >= 0.6 is 11.8 Å². The van der Waals surface area contributed by atoms with Crippen LogP contribution in [0, 0.1) is 23.2 Å². The highest BCUT2D eigenvalue weighted by Gasteiger charge is 2.34. The zero-order chi connectivity index (χ0) is 20.7. The highest BCUT2D eigenvalue weighted by Crippen LogP contribution is 2.33. The lowest BCUT2D eigenvalue weighted by molar-refractivity contribution is -0.127. The van der Waals surface area contributed by atoms with E-state index in [1.165, 1.54) is 0 Å². The van der Waals surface area contributed by atoms with Crippen molar-refractivity contribution < 1.29 is 13.2 Å². The molecule has 6 nitrogen and oxygen atoms in total. The molecule has 1 aliphatic rings. The van der Waals surface area contributed by atoms with Gasteiger partial charge in [0, 0.05) is 28.1 Å². The van der Waals surface area contributed by atoms with Gasteiger partial charge in [-0.1, -0.05) is 24.6 Å². The highest BCUT2D eigenvalue weighted by atomic mass is 32.2. The zero-order valence-corrected chi connectivity index (χ0v) is 17.6. The topological polar surface area (TPSA) is 99.9 Å². The smallest absolute Gasteiger partial charge is 0.224 e. The van der Waals surface area contributed by atoms with Gasteiger partial charge in [-0.15, -0.1) is 0 Å². The van der Waals surface area contributed by atoms with Gasteiger partial charge >= 0.3 is 0 Å². The van der Waals surface area contributed by atoms with E-state index in [0.717, 1.165) is 22.6 Å². The van der Waals surface area contributed by atoms with E-state index in [-0.39, 0.29) is 34.9 Å². The molecule has 0 bridgehead atoms. The molecule has 1 amide bonds. The molecule has 0 unspecified atom stereocenters. The van der Waals surface area contributed by atoms with Gasteiger partial charge in [0.05, 0.1) is 16.7 Å². The number of pyridine rings is 1. The standard InChI is InChI=1S/C21H23N3O3S2/c22-11-14-24-21(25)20-4-2-1-3-16(20)15-29(26,27)19-7-5-17(6-8-19)28-18-9-12-23-13-10-18/h5-10,12-13,16,20H,1-4,14-15H2,(H,24,25)/t16-,20+/m1/s1. The molecule has 3 rings (SSSR count). The van der Waals surface area contributed by atoms with Crippen LogP contribution in [-0.4, -0.2) is 31.6 Å². The Morgan fingerprint density at radius 1 is 1.10 bits per heavy atom. The molecule has 1 aliphatic carbocycles. The second kappa shape index (κ2) is 9.90.